The van der Waals surface area contributed by atoms with Crippen LogP contribution in [0.2, 0.25) is 5.02 Å². The van der Waals surface area contributed by atoms with Gasteiger partial charge in [0.05, 0.1) is 19.3 Å². The van der Waals surface area contributed by atoms with E-state index in [9.17, 15) is 4.79 Å². The molecule has 0 saturated heterocycles. The number of ether oxygens (including phenoxy) is 2. The summed E-state index contributed by atoms with van der Waals surface area (Å²) in [6.07, 6.45) is -0.338. The Morgan fingerprint density at radius 1 is 1.50 bits per heavy atom. The van der Waals surface area contributed by atoms with Crippen LogP contribution >= 0.6 is 11.6 Å². The number of likely N-dealkylation sites (N-methyl/N-ethyl adjacent to an activating group) is 1. The van der Waals surface area contributed by atoms with Crippen LogP contribution < -0.4 is 5.32 Å². The highest BCUT2D eigenvalue weighted by Crippen LogP contribution is 2.24. The number of rotatable bonds is 2. The Hall–Kier alpha value is -1.46. The number of fused-ring (bicyclic) bond motifs is 1. The maximum atomic E-state index is 12.0. The fraction of sp³-hybridized carbons (Fsp3) is 0.562. The number of carbonyl (C=O) groups excluding carboxylic acids is 1. The number of carbonyl (C=O) groups is 1. The number of amides is 1. The van der Waals surface area contributed by atoms with Gasteiger partial charge >= 0.3 is 6.09 Å². The molecule has 0 saturated carbocycles. The summed E-state index contributed by atoms with van der Waals surface area (Å²) < 4.78 is 11.0. The zero-order valence-corrected chi connectivity index (χ0v) is 14.2. The fourth-order valence-corrected chi connectivity index (χ4v) is 2.43. The number of halogens is 1. The van der Waals surface area contributed by atoms with Crippen molar-refractivity contribution in [2.75, 3.05) is 25.5 Å². The second kappa shape index (κ2) is 6.75. The van der Waals surface area contributed by atoms with E-state index in [4.69, 9.17) is 21.1 Å². The summed E-state index contributed by atoms with van der Waals surface area (Å²) in [5.74, 6) is 0. The fourth-order valence-electron chi connectivity index (χ4n) is 2.24. The Bertz CT molecular complexity index is 543. The minimum absolute atomic E-state index is 0.0000520. The molecule has 0 spiro atoms. The van der Waals surface area contributed by atoms with Gasteiger partial charge in [0.15, 0.2) is 0 Å². The van der Waals surface area contributed by atoms with Crippen LogP contribution in [0, 0.1) is 0 Å². The third kappa shape index (κ3) is 4.78. The standard InChI is InChI=1S/C16H23ClN2O3/c1-16(2,3)22-15(20)19(4)8-13-10-21-9-11-7-12(17)5-6-14(11)18-13/h5-7,13,18H,8-10H2,1-4H3. The first-order valence-electron chi connectivity index (χ1n) is 7.31. The third-order valence-corrected chi connectivity index (χ3v) is 3.44. The Labute approximate surface area is 136 Å². The molecule has 1 heterocycles. The second-order valence-corrected chi connectivity index (χ2v) is 6.96. The van der Waals surface area contributed by atoms with E-state index in [1.54, 1.807) is 11.9 Å². The average molecular weight is 327 g/mol. The average Bonchev–Trinajstić information content (AvgIpc) is 2.58. The monoisotopic (exact) mass is 326 g/mol. The van der Waals surface area contributed by atoms with E-state index in [1.165, 1.54) is 0 Å². The molecule has 0 aromatic heterocycles. The lowest BCUT2D eigenvalue weighted by Crippen LogP contribution is -2.42. The van der Waals surface area contributed by atoms with Crippen LogP contribution in [0.5, 0.6) is 0 Å². The molecule has 0 aliphatic carbocycles. The van der Waals surface area contributed by atoms with E-state index in [0.29, 0.717) is 24.8 Å². The minimum atomic E-state index is -0.498. The zero-order valence-electron chi connectivity index (χ0n) is 13.5. The molecule has 0 bridgehead atoms. The lowest BCUT2D eigenvalue weighted by Gasteiger charge is -2.27. The SMILES string of the molecule is CN(CC1COCc2cc(Cl)ccc2N1)C(=O)OC(C)(C)C. The summed E-state index contributed by atoms with van der Waals surface area (Å²) in [6.45, 7) is 7.08. The highest BCUT2D eigenvalue weighted by atomic mass is 35.5. The topological polar surface area (TPSA) is 50.8 Å². The molecule has 1 aliphatic heterocycles. The van der Waals surface area contributed by atoms with E-state index in [2.05, 4.69) is 5.32 Å². The molecule has 0 fully saturated rings. The molecule has 1 unspecified atom stereocenters. The summed E-state index contributed by atoms with van der Waals surface area (Å²) in [6, 6.07) is 5.67. The number of anilines is 1. The van der Waals surface area contributed by atoms with Crippen molar-refractivity contribution in [1.29, 1.82) is 0 Å². The van der Waals surface area contributed by atoms with E-state index in [0.717, 1.165) is 11.3 Å². The summed E-state index contributed by atoms with van der Waals surface area (Å²) in [7, 11) is 1.73. The second-order valence-electron chi connectivity index (χ2n) is 6.52. The molecule has 1 amide bonds. The van der Waals surface area contributed by atoms with Gasteiger partial charge in [-0.05, 0) is 39.0 Å². The first kappa shape index (κ1) is 16.9. The summed E-state index contributed by atoms with van der Waals surface area (Å²) in [4.78, 5) is 13.6. The van der Waals surface area contributed by atoms with Crippen molar-refractivity contribution in [3.05, 3.63) is 28.8 Å². The van der Waals surface area contributed by atoms with Crippen molar-refractivity contribution < 1.29 is 14.3 Å². The zero-order chi connectivity index (χ0) is 16.3. The molecule has 1 atom stereocenters. The molecule has 1 aliphatic rings. The number of nitrogens with zero attached hydrogens (tertiary/aromatic N) is 1. The highest BCUT2D eigenvalue weighted by Gasteiger charge is 2.23. The number of hydrogen-bond donors (Lipinski definition) is 1. The Balaban J connectivity index is 1.98. The molecular formula is C16H23ClN2O3. The molecule has 0 radical (unpaired) electrons. The summed E-state index contributed by atoms with van der Waals surface area (Å²) >= 11 is 6.00. The lowest BCUT2D eigenvalue weighted by molar-refractivity contribution is 0.0269. The van der Waals surface area contributed by atoms with Gasteiger partial charge in [0.25, 0.3) is 0 Å². The smallest absolute Gasteiger partial charge is 0.410 e. The van der Waals surface area contributed by atoms with Crippen LogP contribution in [-0.2, 0) is 16.1 Å². The first-order valence-corrected chi connectivity index (χ1v) is 7.69. The van der Waals surface area contributed by atoms with Gasteiger partial charge in [0, 0.05) is 29.9 Å². The van der Waals surface area contributed by atoms with Crippen LogP contribution in [0.4, 0.5) is 10.5 Å². The molecule has 1 N–H and O–H groups in total. The van der Waals surface area contributed by atoms with Gasteiger partial charge in [-0.2, -0.15) is 0 Å². The van der Waals surface area contributed by atoms with Crippen LogP contribution in [-0.4, -0.2) is 42.8 Å². The molecule has 6 heteroatoms. The summed E-state index contributed by atoms with van der Waals surface area (Å²) in [5.41, 5.74) is 1.52. The first-order chi connectivity index (χ1) is 10.2. The van der Waals surface area contributed by atoms with Crippen molar-refractivity contribution in [2.45, 2.75) is 39.0 Å². The van der Waals surface area contributed by atoms with E-state index >= 15 is 0 Å². The van der Waals surface area contributed by atoms with Crippen LogP contribution in [0.1, 0.15) is 26.3 Å². The van der Waals surface area contributed by atoms with E-state index in [-0.39, 0.29) is 12.1 Å². The number of benzene rings is 1. The van der Waals surface area contributed by atoms with Gasteiger partial charge in [0.1, 0.15) is 5.60 Å². The van der Waals surface area contributed by atoms with Crippen LogP contribution in [0.3, 0.4) is 0 Å². The Morgan fingerprint density at radius 2 is 2.23 bits per heavy atom. The van der Waals surface area contributed by atoms with Crippen LogP contribution in [0.25, 0.3) is 0 Å². The summed E-state index contributed by atoms with van der Waals surface area (Å²) in [5, 5.41) is 4.09. The van der Waals surface area contributed by atoms with E-state index < -0.39 is 5.60 Å². The maximum absolute atomic E-state index is 12.0. The molecule has 122 valence electrons. The van der Waals surface area contributed by atoms with Gasteiger partial charge in [-0.25, -0.2) is 4.79 Å². The normalized spacial score (nSPS) is 18.0. The minimum Gasteiger partial charge on any atom is -0.444 e. The highest BCUT2D eigenvalue weighted by molar-refractivity contribution is 6.30. The van der Waals surface area contributed by atoms with Crippen molar-refractivity contribution in [3.8, 4) is 0 Å². The predicted molar refractivity (Wildman–Crippen MR) is 87.4 cm³/mol. The van der Waals surface area contributed by atoms with Crippen molar-refractivity contribution in [2.24, 2.45) is 0 Å². The Morgan fingerprint density at radius 3 is 2.91 bits per heavy atom. The lowest BCUT2D eigenvalue weighted by atomic mass is 10.2. The van der Waals surface area contributed by atoms with Gasteiger partial charge < -0.3 is 19.7 Å². The van der Waals surface area contributed by atoms with Crippen molar-refractivity contribution in [3.63, 3.8) is 0 Å². The molecule has 1 aromatic carbocycles. The molecule has 5 nitrogen and oxygen atoms in total. The maximum Gasteiger partial charge on any atom is 0.410 e. The predicted octanol–water partition coefficient (Wildman–Crippen LogP) is 3.52. The van der Waals surface area contributed by atoms with Crippen molar-refractivity contribution >= 4 is 23.4 Å². The quantitative estimate of drug-likeness (QED) is 0.903. The number of nitrogens with one attached hydrogen (secondary N) is 1. The molecular weight excluding hydrogens is 304 g/mol. The van der Waals surface area contributed by atoms with Gasteiger partial charge in [-0.1, -0.05) is 11.6 Å². The molecule has 2 rings (SSSR count). The van der Waals surface area contributed by atoms with Crippen molar-refractivity contribution in [1.82, 2.24) is 4.90 Å². The molecule has 22 heavy (non-hydrogen) atoms. The Kier molecular flexibility index (Phi) is 5.19. The molecule has 1 aromatic rings. The van der Waals surface area contributed by atoms with Gasteiger partial charge in [-0.15, -0.1) is 0 Å². The van der Waals surface area contributed by atoms with Crippen LogP contribution in [0.15, 0.2) is 18.2 Å². The third-order valence-electron chi connectivity index (χ3n) is 3.20. The van der Waals surface area contributed by atoms with E-state index in [1.807, 2.05) is 39.0 Å². The number of hydrogen-bond acceptors (Lipinski definition) is 4. The van der Waals surface area contributed by atoms with Gasteiger partial charge in [-0.3, -0.25) is 0 Å². The largest absolute Gasteiger partial charge is 0.444 e. The van der Waals surface area contributed by atoms with Gasteiger partial charge in [0.2, 0.25) is 0 Å².